The lowest BCUT2D eigenvalue weighted by atomic mass is 9.94. The Labute approximate surface area is 135 Å². The molecule has 8 heteroatoms. The van der Waals surface area contributed by atoms with E-state index >= 15 is 0 Å². The molecule has 0 radical (unpaired) electrons. The molecule has 23 heavy (non-hydrogen) atoms. The number of hydrogen-bond donors (Lipinski definition) is 2. The molecular formula is C15H21N3O4S. The average molecular weight is 339 g/mol. The smallest absolute Gasteiger partial charge is 0.313 e. The molecule has 2 rings (SSSR count). The lowest BCUT2D eigenvalue weighted by molar-refractivity contribution is -0.144. The maximum atomic E-state index is 12.2. The number of primary sulfonamides is 1. The van der Waals surface area contributed by atoms with E-state index in [1.807, 2.05) is 0 Å². The van der Waals surface area contributed by atoms with E-state index in [1.165, 1.54) is 35.6 Å². The Morgan fingerprint density at radius 1 is 1.13 bits per heavy atom. The Morgan fingerprint density at radius 2 is 1.70 bits per heavy atom. The number of sulfonamides is 1. The van der Waals surface area contributed by atoms with E-state index in [0.717, 1.165) is 25.7 Å². The Balaban J connectivity index is 1.99. The predicted molar refractivity (Wildman–Crippen MR) is 86.1 cm³/mol. The van der Waals surface area contributed by atoms with Crippen LogP contribution < -0.4 is 10.5 Å². The van der Waals surface area contributed by atoms with Crippen molar-refractivity contribution in [3.8, 4) is 0 Å². The second-order valence-electron chi connectivity index (χ2n) is 5.73. The van der Waals surface area contributed by atoms with Crippen LogP contribution in [0.3, 0.4) is 0 Å². The summed E-state index contributed by atoms with van der Waals surface area (Å²) >= 11 is 0. The highest BCUT2D eigenvalue weighted by atomic mass is 32.2. The first-order valence-electron chi connectivity index (χ1n) is 7.50. The third-order valence-electron chi connectivity index (χ3n) is 4.08. The number of anilines is 1. The molecule has 0 unspecified atom stereocenters. The molecule has 0 atom stereocenters. The summed E-state index contributed by atoms with van der Waals surface area (Å²) in [6.45, 7) is 0. The first-order chi connectivity index (χ1) is 10.8. The molecule has 0 bridgehead atoms. The van der Waals surface area contributed by atoms with Crippen molar-refractivity contribution >= 4 is 27.5 Å². The first-order valence-corrected chi connectivity index (χ1v) is 9.04. The Kier molecular flexibility index (Phi) is 5.38. The number of benzene rings is 1. The van der Waals surface area contributed by atoms with Crippen LogP contribution in [0.5, 0.6) is 0 Å². The molecule has 0 aliphatic heterocycles. The van der Waals surface area contributed by atoms with Crippen LogP contribution >= 0.6 is 0 Å². The number of nitrogens with zero attached hydrogens (tertiary/aromatic N) is 1. The minimum atomic E-state index is -3.78. The van der Waals surface area contributed by atoms with Gasteiger partial charge in [-0.05, 0) is 37.1 Å². The molecule has 3 N–H and O–H groups in total. The van der Waals surface area contributed by atoms with Gasteiger partial charge in [-0.2, -0.15) is 0 Å². The number of likely N-dealkylation sites (N-methyl/N-ethyl adjacent to an activating group) is 1. The summed E-state index contributed by atoms with van der Waals surface area (Å²) < 4.78 is 22.3. The van der Waals surface area contributed by atoms with Crippen LogP contribution in [0.4, 0.5) is 5.69 Å². The van der Waals surface area contributed by atoms with E-state index < -0.39 is 21.8 Å². The molecule has 1 aliphatic rings. The van der Waals surface area contributed by atoms with Gasteiger partial charge >= 0.3 is 11.8 Å². The van der Waals surface area contributed by atoms with Gasteiger partial charge in [0.2, 0.25) is 10.0 Å². The van der Waals surface area contributed by atoms with E-state index in [4.69, 9.17) is 5.14 Å². The third kappa shape index (κ3) is 4.52. The molecular weight excluding hydrogens is 318 g/mol. The molecule has 7 nitrogen and oxygen atoms in total. The zero-order chi connectivity index (χ0) is 17.0. The van der Waals surface area contributed by atoms with Crippen LogP contribution in [0, 0.1) is 0 Å². The molecule has 126 valence electrons. The third-order valence-corrected chi connectivity index (χ3v) is 5.01. The minimum absolute atomic E-state index is 0.0545. The van der Waals surface area contributed by atoms with Gasteiger partial charge < -0.3 is 10.2 Å². The monoisotopic (exact) mass is 339 g/mol. The van der Waals surface area contributed by atoms with Gasteiger partial charge in [-0.1, -0.05) is 19.3 Å². The fraction of sp³-hybridized carbons (Fsp3) is 0.467. The number of rotatable bonds is 3. The zero-order valence-corrected chi connectivity index (χ0v) is 13.8. The van der Waals surface area contributed by atoms with Crippen LogP contribution in [-0.4, -0.2) is 38.2 Å². The van der Waals surface area contributed by atoms with Crippen LogP contribution in [0.2, 0.25) is 0 Å². The van der Waals surface area contributed by atoms with Gasteiger partial charge in [0.25, 0.3) is 0 Å². The Morgan fingerprint density at radius 3 is 2.22 bits per heavy atom. The number of carbonyl (C=O) groups excluding carboxylic acids is 2. The van der Waals surface area contributed by atoms with Gasteiger partial charge in [-0.15, -0.1) is 0 Å². The van der Waals surface area contributed by atoms with Crippen molar-refractivity contribution in [1.82, 2.24) is 4.90 Å². The molecule has 1 aromatic carbocycles. The van der Waals surface area contributed by atoms with Gasteiger partial charge in [-0.3, -0.25) is 9.59 Å². The molecule has 1 saturated carbocycles. The highest BCUT2D eigenvalue weighted by Crippen LogP contribution is 2.22. The summed E-state index contributed by atoms with van der Waals surface area (Å²) in [6.07, 6.45) is 5.14. The second kappa shape index (κ2) is 7.10. The van der Waals surface area contributed by atoms with Crippen molar-refractivity contribution < 1.29 is 18.0 Å². The molecule has 0 spiro atoms. The Bertz CT molecular complexity index is 679. The zero-order valence-electron chi connectivity index (χ0n) is 13.0. The summed E-state index contributed by atoms with van der Waals surface area (Å²) in [5, 5.41) is 7.48. The molecule has 0 saturated heterocycles. The maximum Gasteiger partial charge on any atom is 0.313 e. The normalized spacial score (nSPS) is 15.9. The largest absolute Gasteiger partial charge is 0.335 e. The van der Waals surface area contributed by atoms with Crippen LogP contribution in [0.1, 0.15) is 32.1 Å². The lowest BCUT2D eigenvalue weighted by Gasteiger charge is -2.30. The second-order valence-corrected chi connectivity index (χ2v) is 7.29. The lowest BCUT2D eigenvalue weighted by Crippen LogP contribution is -2.44. The fourth-order valence-corrected chi connectivity index (χ4v) is 3.22. The van der Waals surface area contributed by atoms with Gasteiger partial charge in [0.15, 0.2) is 0 Å². The van der Waals surface area contributed by atoms with Crippen molar-refractivity contribution in [2.45, 2.75) is 43.0 Å². The molecule has 0 heterocycles. The molecule has 1 aliphatic carbocycles. The number of nitrogens with two attached hydrogens (primary N) is 1. The van der Waals surface area contributed by atoms with E-state index in [2.05, 4.69) is 5.32 Å². The average Bonchev–Trinajstić information content (AvgIpc) is 2.54. The quantitative estimate of drug-likeness (QED) is 0.802. The van der Waals surface area contributed by atoms with Gasteiger partial charge in [0, 0.05) is 18.8 Å². The predicted octanol–water partition coefficient (Wildman–Crippen LogP) is 1.06. The van der Waals surface area contributed by atoms with Crippen LogP contribution in [0.25, 0.3) is 0 Å². The highest BCUT2D eigenvalue weighted by Gasteiger charge is 2.26. The number of carbonyl (C=O) groups is 2. The summed E-state index contributed by atoms with van der Waals surface area (Å²) in [5.74, 6) is -1.33. The van der Waals surface area contributed by atoms with Gasteiger partial charge in [-0.25, -0.2) is 13.6 Å². The fourth-order valence-electron chi connectivity index (χ4n) is 2.71. The van der Waals surface area contributed by atoms with E-state index in [1.54, 1.807) is 7.05 Å². The van der Waals surface area contributed by atoms with Gasteiger partial charge in [0.1, 0.15) is 0 Å². The first kappa shape index (κ1) is 17.4. The van der Waals surface area contributed by atoms with Crippen LogP contribution in [-0.2, 0) is 19.6 Å². The SMILES string of the molecule is CN(C(=O)C(=O)Nc1ccc(S(N)(=O)=O)cc1)C1CCCCC1. The van der Waals surface area contributed by atoms with Crippen molar-refractivity contribution in [3.05, 3.63) is 24.3 Å². The van der Waals surface area contributed by atoms with Crippen molar-refractivity contribution in [1.29, 1.82) is 0 Å². The van der Waals surface area contributed by atoms with E-state index in [0.29, 0.717) is 5.69 Å². The standard InChI is InChI=1S/C15H21N3O4S/c1-18(12-5-3-2-4-6-12)15(20)14(19)17-11-7-9-13(10-8-11)23(16,21)22/h7-10,12H,2-6H2,1H3,(H,17,19)(H2,16,21,22). The van der Waals surface area contributed by atoms with Gasteiger partial charge in [0.05, 0.1) is 4.90 Å². The molecule has 0 aromatic heterocycles. The number of amides is 2. The summed E-state index contributed by atoms with van der Waals surface area (Å²) in [4.78, 5) is 25.6. The molecule has 2 amide bonds. The van der Waals surface area contributed by atoms with Crippen molar-refractivity contribution in [3.63, 3.8) is 0 Å². The Hall–Kier alpha value is -1.93. The van der Waals surface area contributed by atoms with Crippen LogP contribution in [0.15, 0.2) is 29.2 Å². The summed E-state index contributed by atoms with van der Waals surface area (Å²) in [5.41, 5.74) is 0.341. The van der Waals surface area contributed by atoms with E-state index in [9.17, 15) is 18.0 Å². The maximum absolute atomic E-state index is 12.2. The molecule has 1 aromatic rings. The highest BCUT2D eigenvalue weighted by molar-refractivity contribution is 7.89. The van der Waals surface area contributed by atoms with E-state index in [-0.39, 0.29) is 10.9 Å². The summed E-state index contributed by atoms with van der Waals surface area (Å²) in [7, 11) is -2.14. The summed E-state index contributed by atoms with van der Waals surface area (Å²) in [6, 6.07) is 5.45. The topological polar surface area (TPSA) is 110 Å². The van der Waals surface area contributed by atoms with Crippen molar-refractivity contribution in [2.24, 2.45) is 5.14 Å². The minimum Gasteiger partial charge on any atom is -0.335 e. The number of hydrogen-bond acceptors (Lipinski definition) is 4. The number of nitrogens with one attached hydrogen (secondary N) is 1. The molecule has 1 fully saturated rings. The van der Waals surface area contributed by atoms with Crippen molar-refractivity contribution in [2.75, 3.05) is 12.4 Å².